The lowest BCUT2D eigenvalue weighted by Crippen LogP contribution is -2.44. The van der Waals surface area contributed by atoms with Crippen molar-refractivity contribution in [3.63, 3.8) is 0 Å². The van der Waals surface area contributed by atoms with E-state index in [0.29, 0.717) is 0 Å². The van der Waals surface area contributed by atoms with E-state index in [-0.39, 0.29) is 24.4 Å². The third-order valence-corrected chi connectivity index (χ3v) is 4.29. The molecule has 0 heterocycles. The summed E-state index contributed by atoms with van der Waals surface area (Å²) in [5, 5.41) is 2.77. The maximum Gasteiger partial charge on any atom is 0.408 e. The predicted octanol–water partition coefficient (Wildman–Crippen LogP) is 4.29. The predicted molar refractivity (Wildman–Crippen MR) is 119 cm³/mol. The minimum absolute atomic E-state index is 0.196. The SMILES string of the molecule is C=C(C)C(=O)OCC(COC(=O)C(=C)C)OC(=O)NC(C)(C)c1ccc(C(=C)C)cc1. The summed E-state index contributed by atoms with van der Waals surface area (Å²) in [6, 6.07) is 7.63. The Kier molecular flexibility index (Phi) is 9.24. The Morgan fingerprint density at radius 3 is 1.74 bits per heavy atom. The molecule has 0 atom stereocenters. The number of rotatable bonds is 10. The molecule has 0 fully saturated rings. The van der Waals surface area contributed by atoms with E-state index >= 15 is 0 Å². The van der Waals surface area contributed by atoms with Crippen LogP contribution in [-0.2, 0) is 29.3 Å². The Bertz CT molecular complexity index is 837. The molecule has 0 aliphatic carbocycles. The van der Waals surface area contributed by atoms with Crippen LogP contribution in [0.5, 0.6) is 0 Å². The number of esters is 2. The van der Waals surface area contributed by atoms with Gasteiger partial charge in [0.15, 0.2) is 6.10 Å². The van der Waals surface area contributed by atoms with Gasteiger partial charge in [-0.15, -0.1) is 0 Å². The van der Waals surface area contributed by atoms with Crippen molar-refractivity contribution in [3.05, 3.63) is 66.3 Å². The van der Waals surface area contributed by atoms with Crippen LogP contribution in [0.1, 0.15) is 45.7 Å². The molecule has 1 aromatic carbocycles. The highest BCUT2D eigenvalue weighted by atomic mass is 16.6. The van der Waals surface area contributed by atoms with E-state index in [0.717, 1.165) is 16.7 Å². The summed E-state index contributed by atoms with van der Waals surface area (Å²) >= 11 is 0. The van der Waals surface area contributed by atoms with E-state index < -0.39 is 29.7 Å². The number of alkyl carbamates (subject to hydrolysis) is 1. The van der Waals surface area contributed by atoms with Crippen molar-refractivity contribution >= 4 is 23.6 Å². The number of ether oxygens (including phenoxy) is 3. The lowest BCUT2D eigenvalue weighted by molar-refractivity contribution is -0.147. The Hall–Kier alpha value is -3.35. The van der Waals surface area contributed by atoms with Crippen LogP contribution in [0.3, 0.4) is 0 Å². The van der Waals surface area contributed by atoms with Crippen LogP contribution < -0.4 is 5.32 Å². The van der Waals surface area contributed by atoms with E-state index in [9.17, 15) is 14.4 Å². The Balaban J connectivity index is 2.83. The fourth-order valence-corrected chi connectivity index (χ4v) is 2.38. The van der Waals surface area contributed by atoms with Crippen LogP contribution in [-0.4, -0.2) is 37.3 Å². The number of hydrogen-bond acceptors (Lipinski definition) is 6. The number of carbonyl (C=O) groups is 3. The standard InChI is InChI=1S/C24H31NO6/c1-15(2)18-9-11-19(12-10-18)24(7,8)25-23(28)31-20(13-29-21(26)16(3)4)14-30-22(27)17(5)6/h9-12,20H,1,3,5,13-14H2,2,4,6-8H3,(H,25,28). The second-order valence-electron chi connectivity index (χ2n) is 7.89. The van der Waals surface area contributed by atoms with Gasteiger partial charge >= 0.3 is 18.0 Å². The molecule has 1 amide bonds. The molecule has 0 aliphatic rings. The molecular weight excluding hydrogens is 398 g/mol. The maximum absolute atomic E-state index is 12.5. The van der Waals surface area contributed by atoms with Gasteiger partial charge in [-0.25, -0.2) is 14.4 Å². The van der Waals surface area contributed by atoms with Gasteiger partial charge in [0.25, 0.3) is 0 Å². The molecule has 0 aromatic heterocycles. The molecule has 0 unspecified atom stereocenters. The fourth-order valence-electron chi connectivity index (χ4n) is 2.38. The molecule has 0 aliphatic heterocycles. The van der Waals surface area contributed by atoms with Crippen LogP contribution in [0.25, 0.3) is 5.57 Å². The monoisotopic (exact) mass is 429 g/mol. The lowest BCUT2D eigenvalue weighted by atomic mass is 9.93. The molecule has 0 spiro atoms. The average Bonchev–Trinajstić information content (AvgIpc) is 2.68. The molecule has 7 nitrogen and oxygen atoms in total. The number of hydrogen-bond donors (Lipinski definition) is 1. The highest BCUT2D eigenvalue weighted by Gasteiger charge is 2.26. The highest BCUT2D eigenvalue weighted by Crippen LogP contribution is 2.22. The first-order valence-corrected chi connectivity index (χ1v) is 9.74. The Morgan fingerprint density at radius 2 is 1.35 bits per heavy atom. The van der Waals surface area contributed by atoms with Crippen LogP contribution in [0.15, 0.2) is 55.1 Å². The van der Waals surface area contributed by atoms with Crippen LogP contribution in [0, 0.1) is 0 Å². The second-order valence-corrected chi connectivity index (χ2v) is 7.89. The fraction of sp³-hybridized carbons (Fsp3) is 0.375. The summed E-state index contributed by atoms with van der Waals surface area (Å²) in [7, 11) is 0. The van der Waals surface area contributed by atoms with Gasteiger partial charge in [-0.05, 0) is 45.7 Å². The third-order valence-electron chi connectivity index (χ3n) is 4.29. The van der Waals surface area contributed by atoms with Gasteiger partial charge < -0.3 is 19.5 Å². The molecule has 7 heteroatoms. The second kappa shape index (κ2) is 11.2. The molecule has 0 bridgehead atoms. The van der Waals surface area contributed by atoms with E-state index in [1.165, 1.54) is 13.8 Å². The summed E-state index contributed by atoms with van der Waals surface area (Å²) in [6.07, 6.45) is -1.76. The van der Waals surface area contributed by atoms with Crippen molar-refractivity contribution < 1.29 is 28.6 Å². The molecule has 0 saturated carbocycles. The molecule has 0 radical (unpaired) electrons. The molecule has 168 valence electrons. The lowest BCUT2D eigenvalue weighted by Gasteiger charge is -2.28. The van der Waals surface area contributed by atoms with Crippen molar-refractivity contribution in [1.29, 1.82) is 0 Å². The largest absolute Gasteiger partial charge is 0.458 e. The van der Waals surface area contributed by atoms with Crippen molar-refractivity contribution in [1.82, 2.24) is 5.32 Å². The van der Waals surface area contributed by atoms with E-state index in [1.807, 2.05) is 45.0 Å². The van der Waals surface area contributed by atoms with Gasteiger partial charge in [-0.1, -0.05) is 49.6 Å². The van der Waals surface area contributed by atoms with Gasteiger partial charge in [-0.2, -0.15) is 0 Å². The van der Waals surface area contributed by atoms with Crippen LogP contribution in [0.2, 0.25) is 0 Å². The zero-order chi connectivity index (χ0) is 23.8. The Labute approximate surface area is 183 Å². The number of nitrogens with one attached hydrogen (secondary N) is 1. The van der Waals surface area contributed by atoms with Gasteiger partial charge in [0.2, 0.25) is 0 Å². The van der Waals surface area contributed by atoms with Crippen molar-refractivity contribution in [2.24, 2.45) is 0 Å². The topological polar surface area (TPSA) is 90.9 Å². The normalized spacial score (nSPS) is 10.8. The zero-order valence-corrected chi connectivity index (χ0v) is 18.9. The van der Waals surface area contributed by atoms with Gasteiger partial charge in [0, 0.05) is 11.1 Å². The molecule has 31 heavy (non-hydrogen) atoms. The van der Waals surface area contributed by atoms with Crippen LogP contribution >= 0.6 is 0 Å². The zero-order valence-electron chi connectivity index (χ0n) is 18.9. The maximum atomic E-state index is 12.5. The quantitative estimate of drug-likeness (QED) is 0.339. The number of amides is 1. The van der Waals surface area contributed by atoms with Gasteiger partial charge in [0.05, 0.1) is 5.54 Å². The molecule has 0 saturated heterocycles. The average molecular weight is 430 g/mol. The number of allylic oxidation sites excluding steroid dienone is 1. The van der Waals surface area contributed by atoms with E-state index in [1.54, 1.807) is 0 Å². The van der Waals surface area contributed by atoms with Gasteiger partial charge in [-0.3, -0.25) is 0 Å². The number of carbonyl (C=O) groups excluding carboxylic acids is 3. The minimum Gasteiger partial charge on any atom is -0.458 e. The first-order valence-electron chi connectivity index (χ1n) is 9.74. The van der Waals surface area contributed by atoms with Crippen molar-refractivity contribution in [2.75, 3.05) is 13.2 Å². The van der Waals surface area contributed by atoms with Crippen molar-refractivity contribution in [2.45, 2.75) is 46.3 Å². The van der Waals surface area contributed by atoms with E-state index in [2.05, 4.69) is 25.1 Å². The summed E-state index contributed by atoms with van der Waals surface area (Å²) in [5.74, 6) is -1.28. The van der Waals surface area contributed by atoms with E-state index in [4.69, 9.17) is 14.2 Å². The molecular formula is C24H31NO6. The first-order chi connectivity index (χ1) is 14.3. The minimum atomic E-state index is -1.01. The summed E-state index contributed by atoms with van der Waals surface area (Å²) < 4.78 is 15.4. The Morgan fingerprint density at radius 1 is 0.903 bits per heavy atom. The third kappa shape index (κ3) is 8.50. The summed E-state index contributed by atoms with van der Waals surface area (Å²) in [6.45, 7) is 18.8. The molecule has 1 N–H and O–H groups in total. The van der Waals surface area contributed by atoms with Crippen molar-refractivity contribution in [3.8, 4) is 0 Å². The van der Waals surface area contributed by atoms with Crippen LogP contribution in [0.4, 0.5) is 4.79 Å². The first kappa shape index (κ1) is 25.7. The van der Waals surface area contributed by atoms with Gasteiger partial charge in [0.1, 0.15) is 13.2 Å². The molecule has 1 aromatic rings. The highest BCUT2D eigenvalue weighted by molar-refractivity contribution is 5.87. The smallest absolute Gasteiger partial charge is 0.408 e. The number of benzene rings is 1. The summed E-state index contributed by atoms with van der Waals surface area (Å²) in [5.41, 5.74) is 2.43. The molecule has 1 rings (SSSR count). The summed E-state index contributed by atoms with van der Waals surface area (Å²) in [4.78, 5) is 35.8.